The van der Waals surface area contributed by atoms with Gasteiger partial charge in [-0.2, -0.15) is 22.4 Å². The lowest BCUT2D eigenvalue weighted by atomic mass is 9.94. The maximum atomic E-state index is 12.5. The van der Waals surface area contributed by atoms with E-state index < -0.39 is 10.2 Å². The molecule has 0 amide bonds. The lowest BCUT2D eigenvalue weighted by Crippen LogP contribution is -2.45. The Kier molecular flexibility index (Phi) is 5.06. The molecule has 1 aromatic carbocycles. The third kappa shape index (κ3) is 4.31. The summed E-state index contributed by atoms with van der Waals surface area (Å²) < 4.78 is 34.5. The van der Waals surface area contributed by atoms with E-state index in [1.54, 1.807) is 0 Å². The van der Waals surface area contributed by atoms with Gasteiger partial charge in [0, 0.05) is 32.0 Å². The van der Waals surface area contributed by atoms with E-state index >= 15 is 0 Å². The lowest BCUT2D eigenvalue weighted by Gasteiger charge is -2.30. The van der Waals surface area contributed by atoms with Crippen molar-refractivity contribution in [3.8, 4) is 0 Å². The second-order valence-electron chi connectivity index (χ2n) is 7.18. The Morgan fingerprint density at radius 3 is 2.54 bits per heavy atom. The first-order valence-corrected chi connectivity index (χ1v) is 10.7. The van der Waals surface area contributed by atoms with Gasteiger partial charge in [-0.15, -0.1) is 0 Å². The molecule has 1 aliphatic carbocycles. The molecule has 2 aromatic rings. The number of aromatic nitrogens is 2. The van der Waals surface area contributed by atoms with Crippen LogP contribution in [0.25, 0.3) is 0 Å². The predicted octanol–water partition coefficient (Wildman–Crippen LogP) is 2.24. The smallest absolute Gasteiger partial charge is 0.279 e. The Balaban J connectivity index is 1.26. The molecule has 140 valence electrons. The van der Waals surface area contributed by atoms with Gasteiger partial charge in [-0.05, 0) is 37.2 Å². The van der Waals surface area contributed by atoms with E-state index in [1.165, 1.54) is 4.31 Å². The molecule has 1 aliphatic heterocycles. The van der Waals surface area contributed by atoms with E-state index in [9.17, 15) is 8.42 Å². The van der Waals surface area contributed by atoms with Crippen molar-refractivity contribution in [2.24, 2.45) is 5.92 Å². The highest BCUT2D eigenvalue weighted by atomic mass is 32.2. The van der Waals surface area contributed by atoms with Crippen molar-refractivity contribution in [2.45, 2.75) is 44.6 Å². The van der Waals surface area contributed by atoms with Gasteiger partial charge in [0.15, 0.2) is 5.82 Å². The summed E-state index contributed by atoms with van der Waals surface area (Å²) in [4.78, 5) is 4.48. The summed E-state index contributed by atoms with van der Waals surface area (Å²) in [6, 6.07) is 9.55. The Labute approximate surface area is 154 Å². The zero-order valence-electron chi connectivity index (χ0n) is 14.7. The fraction of sp³-hybridized carbons (Fsp3) is 0.556. The molecule has 0 radical (unpaired) electrons. The number of rotatable bonds is 7. The van der Waals surface area contributed by atoms with Crippen LogP contribution in [0, 0.1) is 5.92 Å². The van der Waals surface area contributed by atoms with E-state index in [4.69, 9.17) is 4.52 Å². The quantitative estimate of drug-likeness (QED) is 0.801. The molecule has 1 aromatic heterocycles. The van der Waals surface area contributed by atoms with Crippen molar-refractivity contribution in [1.29, 1.82) is 0 Å². The van der Waals surface area contributed by atoms with Crippen LogP contribution in [0.15, 0.2) is 34.9 Å². The number of hydrogen-bond acceptors (Lipinski definition) is 5. The Bertz CT molecular complexity index is 825. The summed E-state index contributed by atoms with van der Waals surface area (Å²) >= 11 is 0. The van der Waals surface area contributed by atoms with E-state index in [-0.39, 0.29) is 0 Å². The normalized spacial score (nSPS) is 19.7. The largest absolute Gasteiger partial charge is 0.339 e. The number of nitrogens with zero attached hydrogens (tertiary/aromatic N) is 3. The van der Waals surface area contributed by atoms with Crippen molar-refractivity contribution < 1.29 is 12.9 Å². The Morgan fingerprint density at radius 2 is 1.85 bits per heavy atom. The zero-order valence-corrected chi connectivity index (χ0v) is 15.5. The molecule has 8 heteroatoms. The first-order chi connectivity index (χ1) is 12.6. The minimum Gasteiger partial charge on any atom is -0.339 e. The van der Waals surface area contributed by atoms with Crippen molar-refractivity contribution in [1.82, 2.24) is 19.2 Å². The molecular formula is C18H24N4O3S. The Hall–Kier alpha value is -1.77. The summed E-state index contributed by atoms with van der Waals surface area (Å²) in [6.45, 7) is 1.38. The Morgan fingerprint density at radius 1 is 1.12 bits per heavy atom. The highest BCUT2D eigenvalue weighted by Gasteiger charge is 2.31. The first-order valence-electron chi connectivity index (χ1n) is 9.21. The van der Waals surface area contributed by atoms with Crippen LogP contribution < -0.4 is 4.72 Å². The van der Waals surface area contributed by atoms with Crippen LogP contribution in [0.5, 0.6) is 0 Å². The van der Waals surface area contributed by atoms with Crippen LogP contribution in [0.1, 0.15) is 48.9 Å². The molecule has 4 rings (SSSR count). The standard InChI is InChI=1S/C18H24N4O3S/c23-26(24,19-13-15-4-2-1-3-5-15)22-10-8-14(9-11-22)12-17-20-18(25-21-17)16-6-7-16/h1-5,14,16,19H,6-13H2. The second-order valence-corrected chi connectivity index (χ2v) is 8.94. The number of hydrogen-bond donors (Lipinski definition) is 1. The maximum absolute atomic E-state index is 12.5. The number of benzene rings is 1. The molecule has 1 saturated heterocycles. The average Bonchev–Trinajstić information content (AvgIpc) is 3.41. The molecule has 26 heavy (non-hydrogen) atoms. The fourth-order valence-corrected chi connectivity index (χ4v) is 4.54. The van der Waals surface area contributed by atoms with Crippen LogP contribution in [-0.2, 0) is 23.2 Å². The second kappa shape index (κ2) is 7.46. The summed E-state index contributed by atoms with van der Waals surface area (Å²) in [6.07, 6.45) is 4.70. The molecule has 2 heterocycles. The number of nitrogens with one attached hydrogen (secondary N) is 1. The van der Waals surface area contributed by atoms with Gasteiger partial charge in [0.05, 0.1) is 0 Å². The topological polar surface area (TPSA) is 88.3 Å². The molecular weight excluding hydrogens is 352 g/mol. The molecule has 0 unspecified atom stereocenters. The summed E-state index contributed by atoms with van der Waals surface area (Å²) in [5.41, 5.74) is 0.953. The van der Waals surface area contributed by atoms with Crippen LogP contribution >= 0.6 is 0 Å². The monoisotopic (exact) mass is 376 g/mol. The van der Waals surface area contributed by atoms with Crippen LogP contribution in [0.2, 0.25) is 0 Å². The van der Waals surface area contributed by atoms with E-state index in [1.807, 2.05) is 30.3 Å². The molecule has 2 fully saturated rings. The van der Waals surface area contributed by atoms with Crippen molar-refractivity contribution >= 4 is 10.2 Å². The average molecular weight is 376 g/mol. The summed E-state index contributed by atoms with van der Waals surface area (Å²) in [5, 5.41) is 4.07. The third-order valence-electron chi connectivity index (χ3n) is 5.10. The van der Waals surface area contributed by atoms with Crippen molar-refractivity contribution in [3.05, 3.63) is 47.6 Å². The predicted molar refractivity (Wildman–Crippen MR) is 96.5 cm³/mol. The highest BCUT2D eigenvalue weighted by molar-refractivity contribution is 7.87. The highest BCUT2D eigenvalue weighted by Crippen LogP contribution is 2.39. The number of piperidine rings is 1. The van der Waals surface area contributed by atoms with Gasteiger partial charge in [-0.25, -0.2) is 0 Å². The summed E-state index contributed by atoms with van der Waals surface area (Å²) in [5.74, 6) is 2.40. The minimum absolute atomic E-state index is 0.315. The zero-order chi connectivity index (χ0) is 18.0. The first kappa shape index (κ1) is 17.6. The molecule has 0 atom stereocenters. The van der Waals surface area contributed by atoms with Gasteiger partial charge >= 0.3 is 0 Å². The van der Waals surface area contributed by atoms with Gasteiger partial charge in [0.1, 0.15) is 0 Å². The van der Waals surface area contributed by atoms with Gasteiger partial charge in [0.2, 0.25) is 5.89 Å². The van der Waals surface area contributed by atoms with E-state index in [0.29, 0.717) is 31.5 Å². The van der Waals surface area contributed by atoms with E-state index in [0.717, 1.165) is 49.4 Å². The molecule has 7 nitrogen and oxygen atoms in total. The minimum atomic E-state index is -3.44. The molecule has 1 saturated carbocycles. The van der Waals surface area contributed by atoms with E-state index in [2.05, 4.69) is 14.9 Å². The molecule has 1 N–H and O–H groups in total. The SMILES string of the molecule is O=S(=O)(NCc1ccccc1)N1CCC(Cc2noc(C3CC3)n2)CC1. The maximum Gasteiger partial charge on any atom is 0.279 e. The van der Waals surface area contributed by atoms with Crippen molar-refractivity contribution in [2.75, 3.05) is 13.1 Å². The van der Waals surface area contributed by atoms with Gasteiger partial charge in [0.25, 0.3) is 10.2 Å². The summed E-state index contributed by atoms with van der Waals surface area (Å²) in [7, 11) is -3.44. The van der Waals surface area contributed by atoms with Gasteiger partial charge in [-0.3, -0.25) is 0 Å². The van der Waals surface area contributed by atoms with Crippen LogP contribution in [0.4, 0.5) is 0 Å². The van der Waals surface area contributed by atoms with Crippen LogP contribution in [0.3, 0.4) is 0 Å². The van der Waals surface area contributed by atoms with Crippen molar-refractivity contribution in [3.63, 3.8) is 0 Å². The van der Waals surface area contributed by atoms with Gasteiger partial charge < -0.3 is 4.52 Å². The third-order valence-corrected chi connectivity index (χ3v) is 6.65. The molecule has 2 aliphatic rings. The van der Waals surface area contributed by atoms with Crippen LogP contribution in [-0.4, -0.2) is 36.0 Å². The fourth-order valence-electron chi connectivity index (χ4n) is 3.32. The lowest BCUT2D eigenvalue weighted by molar-refractivity contribution is 0.265. The molecule has 0 spiro atoms. The van der Waals surface area contributed by atoms with Gasteiger partial charge in [-0.1, -0.05) is 35.5 Å². The molecule has 0 bridgehead atoms.